The van der Waals surface area contributed by atoms with E-state index in [1.54, 1.807) is 24.2 Å². The quantitative estimate of drug-likeness (QED) is 0.773. The molecule has 1 spiro atoms. The Labute approximate surface area is 167 Å². The summed E-state index contributed by atoms with van der Waals surface area (Å²) < 4.78 is 6.34. The van der Waals surface area contributed by atoms with E-state index in [-0.39, 0.29) is 18.1 Å². The molecule has 142 valence electrons. The van der Waals surface area contributed by atoms with Gasteiger partial charge in [0.25, 0.3) is 0 Å². The first-order chi connectivity index (χ1) is 13.6. The lowest BCUT2D eigenvalue weighted by molar-refractivity contribution is -0.0236. The average Bonchev–Trinajstić information content (AvgIpc) is 3.11. The summed E-state index contributed by atoms with van der Waals surface area (Å²) in [6.45, 7) is 0. The number of aliphatic hydroxyl groups excluding tert-OH is 1. The maximum atomic E-state index is 10.3. The van der Waals surface area contributed by atoms with Crippen LogP contribution in [0.2, 0.25) is 0 Å². The highest BCUT2D eigenvalue weighted by atomic mass is 32.2. The van der Waals surface area contributed by atoms with Gasteiger partial charge in [0, 0.05) is 35.2 Å². The Morgan fingerprint density at radius 3 is 2.93 bits per heavy atom. The molecule has 1 unspecified atom stereocenters. The highest BCUT2D eigenvalue weighted by molar-refractivity contribution is 8.14. The number of hydrogen-bond acceptors (Lipinski definition) is 7. The van der Waals surface area contributed by atoms with Crippen molar-refractivity contribution in [1.82, 2.24) is 4.98 Å². The third-order valence-electron chi connectivity index (χ3n) is 6.05. The van der Waals surface area contributed by atoms with Crippen LogP contribution in [0.25, 0.3) is 11.1 Å². The van der Waals surface area contributed by atoms with E-state index in [4.69, 9.17) is 15.5 Å². The number of fused-ring (bicyclic) bond motifs is 4. The fraction of sp³-hybridized carbons (Fsp3) is 0.381. The van der Waals surface area contributed by atoms with Gasteiger partial charge >= 0.3 is 0 Å². The minimum Gasteiger partial charge on any atom is -0.490 e. The molecule has 1 saturated carbocycles. The van der Waals surface area contributed by atoms with Crippen molar-refractivity contribution in [1.29, 1.82) is 5.26 Å². The van der Waals surface area contributed by atoms with Crippen molar-refractivity contribution < 1.29 is 9.84 Å². The minimum atomic E-state index is -0.481. The van der Waals surface area contributed by atoms with Gasteiger partial charge in [-0.05, 0) is 43.0 Å². The number of aromatic nitrogens is 1. The molecule has 0 bridgehead atoms. The Bertz CT molecular complexity index is 1020. The number of rotatable bonds is 1. The summed E-state index contributed by atoms with van der Waals surface area (Å²) in [5.41, 5.74) is 9.00. The number of hydrogen-bond donors (Lipinski definition) is 2. The standard InChI is InChI=1S/C21H20N4O2S/c22-8-12-5-14(10-24-9-12)13-1-3-18-16(6-13)21(11-28-20(23)25-21)17-7-15(26)2-4-19(17)27-18/h1,3,5-6,9-10,15,17,19,26H,2,4,7,11H2,(H2,23,25)/t15-,17-,19?,21-/m0/s1. The Morgan fingerprint density at radius 2 is 2.14 bits per heavy atom. The number of aliphatic imine (C=N–C) groups is 1. The predicted molar refractivity (Wildman–Crippen MR) is 108 cm³/mol. The average molecular weight is 392 g/mol. The van der Waals surface area contributed by atoms with Gasteiger partial charge in [0.2, 0.25) is 0 Å². The third kappa shape index (κ3) is 2.67. The maximum Gasteiger partial charge on any atom is 0.154 e. The number of nitriles is 1. The van der Waals surface area contributed by atoms with Gasteiger partial charge < -0.3 is 15.6 Å². The molecule has 3 heterocycles. The fourth-order valence-corrected chi connectivity index (χ4v) is 5.74. The summed E-state index contributed by atoms with van der Waals surface area (Å²) in [5, 5.41) is 20.1. The monoisotopic (exact) mass is 392 g/mol. The molecule has 0 amide bonds. The molecule has 28 heavy (non-hydrogen) atoms. The number of pyridine rings is 1. The molecule has 2 aliphatic heterocycles. The van der Waals surface area contributed by atoms with Crippen LogP contribution < -0.4 is 10.5 Å². The van der Waals surface area contributed by atoms with Crippen LogP contribution in [-0.2, 0) is 5.54 Å². The topological polar surface area (TPSA) is 105 Å². The van der Waals surface area contributed by atoms with Crippen molar-refractivity contribution in [3.63, 3.8) is 0 Å². The summed E-state index contributed by atoms with van der Waals surface area (Å²) in [5.74, 6) is 1.68. The first-order valence-electron chi connectivity index (χ1n) is 9.42. The van der Waals surface area contributed by atoms with Crippen LogP contribution in [0.3, 0.4) is 0 Å². The molecule has 3 N–H and O–H groups in total. The van der Waals surface area contributed by atoms with E-state index in [9.17, 15) is 10.4 Å². The number of benzene rings is 1. The normalized spacial score (nSPS) is 30.7. The molecule has 5 rings (SSSR count). The summed E-state index contributed by atoms with van der Waals surface area (Å²) >= 11 is 1.57. The second kappa shape index (κ2) is 6.50. The van der Waals surface area contributed by atoms with Gasteiger partial charge in [-0.2, -0.15) is 5.26 Å². The highest BCUT2D eigenvalue weighted by Crippen LogP contribution is 2.54. The summed E-state index contributed by atoms with van der Waals surface area (Å²) in [6, 6.07) is 10.0. The maximum absolute atomic E-state index is 10.3. The highest BCUT2D eigenvalue weighted by Gasteiger charge is 2.54. The molecule has 4 atom stereocenters. The van der Waals surface area contributed by atoms with Crippen molar-refractivity contribution in [2.75, 3.05) is 5.75 Å². The van der Waals surface area contributed by atoms with Crippen LogP contribution >= 0.6 is 11.8 Å². The third-order valence-corrected chi connectivity index (χ3v) is 7.02. The number of nitrogens with zero attached hydrogens (tertiary/aromatic N) is 3. The Kier molecular flexibility index (Phi) is 4.07. The van der Waals surface area contributed by atoms with Crippen molar-refractivity contribution in [3.05, 3.63) is 47.8 Å². The molecular formula is C21H20N4O2S. The van der Waals surface area contributed by atoms with Gasteiger partial charge in [0.1, 0.15) is 23.5 Å². The summed E-state index contributed by atoms with van der Waals surface area (Å²) in [7, 11) is 0. The molecule has 6 nitrogen and oxygen atoms in total. The van der Waals surface area contributed by atoms with E-state index < -0.39 is 5.54 Å². The van der Waals surface area contributed by atoms with E-state index >= 15 is 0 Å². The van der Waals surface area contributed by atoms with E-state index in [2.05, 4.69) is 17.1 Å². The molecule has 1 aromatic heterocycles. The molecule has 2 aromatic rings. The minimum absolute atomic E-state index is 0.0422. The number of amidine groups is 1. The van der Waals surface area contributed by atoms with E-state index in [1.165, 1.54) is 0 Å². The fourth-order valence-electron chi connectivity index (χ4n) is 4.71. The predicted octanol–water partition coefficient (Wildman–Crippen LogP) is 2.80. The zero-order valence-corrected chi connectivity index (χ0v) is 16.0. The van der Waals surface area contributed by atoms with Crippen LogP contribution in [-0.4, -0.2) is 33.2 Å². The molecule has 1 aliphatic carbocycles. The van der Waals surface area contributed by atoms with Crippen LogP contribution in [0.15, 0.2) is 41.7 Å². The number of aliphatic hydroxyl groups is 1. The van der Waals surface area contributed by atoms with Gasteiger partial charge in [0.15, 0.2) is 5.17 Å². The molecule has 3 aliphatic rings. The number of ether oxygens (including phenoxy) is 1. The lowest BCUT2D eigenvalue weighted by Gasteiger charge is -2.48. The first kappa shape index (κ1) is 17.5. The smallest absolute Gasteiger partial charge is 0.154 e. The second-order valence-corrected chi connectivity index (χ2v) is 8.67. The van der Waals surface area contributed by atoms with Gasteiger partial charge in [0.05, 0.1) is 11.7 Å². The van der Waals surface area contributed by atoms with E-state index in [0.29, 0.717) is 17.2 Å². The Morgan fingerprint density at radius 1 is 1.25 bits per heavy atom. The van der Waals surface area contributed by atoms with Gasteiger partial charge in [-0.15, -0.1) is 0 Å². The van der Waals surface area contributed by atoms with Crippen molar-refractivity contribution in [3.8, 4) is 22.9 Å². The lowest BCUT2D eigenvalue weighted by Crippen LogP contribution is -2.51. The van der Waals surface area contributed by atoms with E-state index in [0.717, 1.165) is 41.0 Å². The van der Waals surface area contributed by atoms with E-state index in [1.807, 2.05) is 18.2 Å². The lowest BCUT2D eigenvalue weighted by atomic mass is 9.68. The van der Waals surface area contributed by atoms with Crippen molar-refractivity contribution in [2.24, 2.45) is 16.6 Å². The summed E-state index contributed by atoms with van der Waals surface area (Å²) in [6.07, 6.45) is 5.27. The number of nitrogens with two attached hydrogens (primary N) is 1. The molecule has 1 aromatic carbocycles. The molecule has 1 fully saturated rings. The Hall–Kier alpha value is -2.56. The van der Waals surface area contributed by atoms with Crippen LogP contribution in [0.4, 0.5) is 0 Å². The molecule has 0 saturated heterocycles. The van der Waals surface area contributed by atoms with Crippen molar-refractivity contribution >= 4 is 16.9 Å². The van der Waals surface area contributed by atoms with Crippen LogP contribution in [0.1, 0.15) is 30.4 Å². The number of thioether (sulfide) groups is 1. The zero-order valence-electron chi connectivity index (χ0n) is 15.2. The van der Waals surface area contributed by atoms with Gasteiger partial charge in [-0.3, -0.25) is 4.98 Å². The SMILES string of the molecule is N#Cc1cncc(-c2ccc3c(c2)[C@@]2(CSC(N)=N2)[C@H]2C[C@@H](O)CCC2O3)c1. The largest absolute Gasteiger partial charge is 0.490 e. The molecular weight excluding hydrogens is 372 g/mol. The van der Waals surface area contributed by atoms with Crippen LogP contribution in [0.5, 0.6) is 5.75 Å². The molecule has 0 radical (unpaired) electrons. The van der Waals surface area contributed by atoms with Gasteiger partial charge in [-0.25, -0.2) is 4.99 Å². The van der Waals surface area contributed by atoms with Crippen LogP contribution in [0, 0.1) is 17.2 Å². The van der Waals surface area contributed by atoms with Crippen molar-refractivity contribution in [2.45, 2.75) is 37.0 Å². The first-order valence-corrected chi connectivity index (χ1v) is 10.4. The second-order valence-electron chi connectivity index (χ2n) is 7.68. The van der Waals surface area contributed by atoms with Gasteiger partial charge in [-0.1, -0.05) is 17.8 Å². The Balaban J connectivity index is 1.66. The molecule has 7 heteroatoms. The zero-order chi connectivity index (χ0) is 19.3. The summed E-state index contributed by atoms with van der Waals surface area (Å²) in [4.78, 5) is 9.09.